The lowest BCUT2D eigenvalue weighted by atomic mass is 10.3. The Hall–Kier alpha value is -1.46. The van der Waals surface area contributed by atoms with Gasteiger partial charge in [0.1, 0.15) is 5.82 Å². The van der Waals surface area contributed by atoms with Gasteiger partial charge in [0.15, 0.2) is 0 Å². The van der Waals surface area contributed by atoms with Crippen LogP contribution in [-0.2, 0) is 6.61 Å². The van der Waals surface area contributed by atoms with E-state index in [2.05, 4.69) is 9.97 Å². The van der Waals surface area contributed by atoms with E-state index >= 15 is 0 Å². The lowest BCUT2D eigenvalue weighted by Crippen LogP contribution is -2.14. The van der Waals surface area contributed by atoms with E-state index in [9.17, 15) is 4.79 Å². The average Bonchev–Trinajstić information content (AvgIpc) is 2.70. The zero-order valence-corrected chi connectivity index (χ0v) is 8.04. The molecule has 0 atom stereocenters. The van der Waals surface area contributed by atoms with E-state index in [0.717, 1.165) is 5.56 Å². The van der Waals surface area contributed by atoms with Crippen LogP contribution in [0.25, 0.3) is 11.4 Å². The molecule has 0 aliphatic carbocycles. The van der Waals surface area contributed by atoms with Crippen molar-refractivity contribution in [2.24, 2.45) is 0 Å². The number of hydrogen-bond donors (Lipinski definition) is 2. The molecule has 0 unspecified atom stereocenters. The lowest BCUT2D eigenvalue weighted by Gasteiger charge is -1.98. The molecule has 0 aliphatic heterocycles. The van der Waals surface area contributed by atoms with Crippen molar-refractivity contribution in [2.45, 2.75) is 6.61 Å². The molecule has 4 nitrogen and oxygen atoms in total. The number of aromatic amines is 1. The minimum Gasteiger partial charge on any atom is -0.391 e. The second-order valence-electron chi connectivity index (χ2n) is 2.76. The fourth-order valence-corrected chi connectivity index (χ4v) is 1.72. The Morgan fingerprint density at radius 3 is 3.00 bits per heavy atom. The molecule has 2 aromatic heterocycles. The molecule has 72 valence electrons. The fourth-order valence-electron chi connectivity index (χ4n) is 1.08. The third kappa shape index (κ3) is 1.59. The Balaban J connectivity index is 2.48. The van der Waals surface area contributed by atoms with E-state index in [1.165, 1.54) is 17.5 Å². The predicted molar refractivity (Wildman–Crippen MR) is 54.1 cm³/mol. The van der Waals surface area contributed by atoms with Gasteiger partial charge in [0, 0.05) is 17.1 Å². The van der Waals surface area contributed by atoms with Gasteiger partial charge >= 0.3 is 0 Å². The average molecular weight is 208 g/mol. The van der Waals surface area contributed by atoms with Gasteiger partial charge in [0.25, 0.3) is 5.56 Å². The van der Waals surface area contributed by atoms with Crippen molar-refractivity contribution in [3.63, 3.8) is 0 Å². The quantitative estimate of drug-likeness (QED) is 0.773. The van der Waals surface area contributed by atoms with Crippen LogP contribution in [0, 0.1) is 0 Å². The number of aliphatic hydroxyl groups excluding tert-OH is 1. The molecular formula is C9H8N2O2S. The summed E-state index contributed by atoms with van der Waals surface area (Å²) in [5, 5.41) is 12.6. The number of H-pyrrole nitrogens is 1. The van der Waals surface area contributed by atoms with Crippen LogP contribution in [0.5, 0.6) is 0 Å². The van der Waals surface area contributed by atoms with Crippen molar-refractivity contribution < 1.29 is 5.11 Å². The van der Waals surface area contributed by atoms with Gasteiger partial charge in [0.2, 0.25) is 0 Å². The number of aliphatic hydroxyl groups is 1. The monoisotopic (exact) mass is 208 g/mol. The highest BCUT2D eigenvalue weighted by molar-refractivity contribution is 7.08. The minimum atomic E-state index is -0.288. The Morgan fingerprint density at radius 1 is 1.57 bits per heavy atom. The van der Waals surface area contributed by atoms with Crippen LogP contribution in [0.3, 0.4) is 0 Å². The molecule has 2 N–H and O–H groups in total. The first-order valence-electron chi connectivity index (χ1n) is 4.03. The number of aromatic nitrogens is 2. The van der Waals surface area contributed by atoms with Crippen LogP contribution in [0.2, 0.25) is 0 Å². The van der Waals surface area contributed by atoms with Crippen molar-refractivity contribution in [1.82, 2.24) is 9.97 Å². The van der Waals surface area contributed by atoms with Crippen molar-refractivity contribution in [3.05, 3.63) is 38.9 Å². The Kier molecular flexibility index (Phi) is 2.43. The topological polar surface area (TPSA) is 66.0 Å². The molecule has 0 aliphatic rings. The first-order chi connectivity index (χ1) is 6.81. The van der Waals surface area contributed by atoms with Gasteiger partial charge in [0.05, 0.1) is 12.2 Å². The Labute approximate surface area is 83.9 Å². The largest absolute Gasteiger partial charge is 0.391 e. The second-order valence-corrected chi connectivity index (χ2v) is 3.54. The summed E-state index contributed by atoms with van der Waals surface area (Å²) in [7, 11) is 0. The van der Waals surface area contributed by atoms with Gasteiger partial charge in [-0.1, -0.05) is 0 Å². The summed E-state index contributed by atoms with van der Waals surface area (Å²) in [6.45, 7) is -0.285. The normalized spacial score (nSPS) is 10.4. The second kappa shape index (κ2) is 3.73. The molecule has 0 saturated heterocycles. The first kappa shape index (κ1) is 9.11. The number of thiophene rings is 1. The summed E-state index contributed by atoms with van der Waals surface area (Å²) in [5.41, 5.74) is 0.879. The van der Waals surface area contributed by atoms with Crippen LogP contribution in [0.15, 0.2) is 27.8 Å². The maximum absolute atomic E-state index is 11.3. The molecular weight excluding hydrogens is 200 g/mol. The van der Waals surface area contributed by atoms with Crippen molar-refractivity contribution >= 4 is 11.3 Å². The van der Waals surface area contributed by atoms with Crippen LogP contribution in [0.1, 0.15) is 5.56 Å². The van der Waals surface area contributed by atoms with E-state index in [1.807, 2.05) is 16.8 Å². The molecule has 14 heavy (non-hydrogen) atoms. The zero-order chi connectivity index (χ0) is 9.97. The standard InChI is InChI=1S/C9H8N2O2S/c12-4-7-3-10-8(11-9(7)13)6-1-2-14-5-6/h1-3,5,12H,4H2,(H,10,11,13). The van der Waals surface area contributed by atoms with Gasteiger partial charge in [-0.25, -0.2) is 4.98 Å². The SMILES string of the molecule is O=c1[nH]c(-c2ccsc2)ncc1CO. The van der Waals surface area contributed by atoms with E-state index in [1.54, 1.807) is 0 Å². The molecule has 0 amide bonds. The number of nitrogens with zero attached hydrogens (tertiary/aromatic N) is 1. The molecule has 2 aromatic rings. The summed E-state index contributed by atoms with van der Waals surface area (Å²) in [6.07, 6.45) is 1.39. The van der Waals surface area contributed by atoms with E-state index < -0.39 is 0 Å². The molecule has 0 fully saturated rings. The third-order valence-electron chi connectivity index (χ3n) is 1.84. The van der Waals surface area contributed by atoms with Gasteiger partial charge in [-0.15, -0.1) is 0 Å². The highest BCUT2D eigenvalue weighted by Gasteiger charge is 2.03. The van der Waals surface area contributed by atoms with Crippen LogP contribution < -0.4 is 5.56 Å². The van der Waals surface area contributed by atoms with Crippen molar-refractivity contribution in [1.29, 1.82) is 0 Å². The highest BCUT2D eigenvalue weighted by atomic mass is 32.1. The zero-order valence-electron chi connectivity index (χ0n) is 7.23. The van der Waals surface area contributed by atoms with Gasteiger partial charge in [-0.2, -0.15) is 11.3 Å². The summed E-state index contributed by atoms with van der Waals surface area (Å²) in [6, 6.07) is 1.88. The lowest BCUT2D eigenvalue weighted by molar-refractivity contribution is 0.279. The molecule has 2 rings (SSSR count). The van der Waals surface area contributed by atoms with E-state index in [-0.39, 0.29) is 17.7 Å². The molecule has 0 aromatic carbocycles. The van der Waals surface area contributed by atoms with E-state index in [4.69, 9.17) is 5.11 Å². The molecule has 0 bridgehead atoms. The van der Waals surface area contributed by atoms with Crippen molar-refractivity contribution in [2.75, 3.05) is 0 Å². The van der Waals surface area contributed by atoms with Crippen LogP contribution in [-0.4, -0.2) is 15.1 Å². The van der Waals surface area contributed by atoms with E-state index in [0.29, 0.717) is 5.82 Å². The predicted octanol–water partition coefficient (Wildman–Crippen LogP) is 0.991. The van der Waals surface area contributed by atoms with Gasteiger partial charge < -0.3 is 10.1 Å². The van der Waals surface area contributed by atoms with Crippen LogP contribution in [0.4, 0.5) is 0 Å². The highest BCUT2D eigenvalue weighted by Crippen LogP contribution is 2.16. The molecule has 0 spiro atoms. The number of rotatable bonds is 2. The maximum atomic E-state index is 11.3. The van der Waals surface area contributed by atoms with Crippen molar-refractivity contribution in [3.8, 4) is 11.4 Å². The number of nitrogens with one attached hydrogen (secondary N) is 1. The molecule has 0 radical (unpaired) electrons. The smallest absolute Gasteiger partial charge is 0.256 e. The molecule has 5 heteroatoms. The first-order valence-corrected chi connectivity index (χ1v) is 4.97. The minimum absolute atomic E-state index is 0.281. The molecule has 0 saturated carbocycles. The fraction of sp³-hybridized carbons (Fsp3) is 0.111. The summed E-state index contributed by atoms with van der Waals surface area (Å²) < 4.78 is 0. The molecule has 2 heterocycles. The third-order valence-corrected chi connectivity index (χ3v) is 2.52. The van der Waals surface area contributed by atoms with Gasteiger partial charge in [-0.05, 0) is 11.4 Å². The van der Waals surface area contributed by atoms with Crippen LogP contribution >= 0.6 is 11.3 Å². The summed E-state index contributed by atoms with van der Waals surface area (Å²) >= 11 is 1.54. The van der Waals surface area contributed by atoms with Gasteiger partial charge in [-0.3, -0.25) is 4.79 Å². The number of hydrogen-bond acceptors (Lipinski definition) is 4. The summed E-state index contributed by atoms with van der Waals surface area (Å²) in [4.78, 5) is 18.0. The Morgan fingerprint density at radius 2 is 2.43 bits per heavy atom. The summed E-state index contributed by atoms with van der Waals surface area (Å²) in [5.74, 6) is 0.536. The Bertz CT molecular complexity index is 476. The maximum Gasteiger partial charge on any atom is 0.256 e.